The van der Waals surface area contributed by atoms with Crippen LogP contribution in [0.3, 0.4) is 0 Å². The van der Waals surface area contributed by atoms with Crippen LogP contribution in [0.4, 0.5) is 0 Å². The highest BCUT2D eigenvalue weighted by Gasteiger charge is 2.48. The number of rotatable bonds is 5. The molecular formula is C20H26N2O2. The summed E-state index contributed by atoms with van der Waals surface area (Å²) in [6.45, 7) is 9.96. The predicted octanol–water partition coefficient (Wildman–Crippen LogP) is 3.66. The van der Waals surface area contributed by atoms with Crippen LogP contribution in [0.2, 0.25) is 0 Å². The van der Waals surface area contributed by atoms with Crippen molar-refractivity contribution in [1.29, 1.82) is 0 Å². The van der Waals surface area contributed by atoms with Crippen LogP contribution in [-0.4, -0.2) is 29.1 Å². The van der Waals surface area contributed by atoms with E-state index in [1.165, 1.54) is 5.56 Å². The van der Waals surface area contributed by atoms with Gasteiger partial charge in [-0.2, -0.15) is 0 Å². The minimum atomic E-state index is 0.0972. The van der Waals surface area contributed by atoms with Crippen LogP contribution in [0.1, 0.15) is 42.8 Å². The van der Waals surface area contributed by atoms with E-state index in [0.717, 1.165) is 30.1 Å². The van der Waals surface area contributed by atoms with E-state index in [4.69, 9.17) is 4.52 Å². The normalized spacial score (nSPS) is 16.3. The Morgan fingerprint density at radius 2 is 1.92 bits per heavy atom. The first-order valence-corrected chi connectivity index (χ1v) is 8.69. The van der Waals surface area contributed by atoms with E-state index >= 15 is 0 Å². The molecule has 0 atom stereocenters. The zero-order valence-electron chi connectivity index (χ0n) is 15.0. The first-order chi connectivity index (χ1) is 11.4. The Labute approximate surface area is 143 Å². The molecule has 24 heavy (non-hydrogen) atoms. The molecule has 2 aromatic rings. The number of aromatic nitrogens is 1. The van der Waals surface area contributed by atoms with Gasteiger partial charge in [0.2, 0.25) is 5.91 Å². The van der Waals surface area contributed by atoms with Crippen LogP contribution >= 0.6 is 0 Å². The molecule has 4 heteroatoms. The second-order valence-corrected chi connectivity index (χ2v) is 7.23. The van der Waals surface area contributed by atoms with Gasteiger partial charge in [-0.3, -0.25) is 4.79 Å². The van der Waals surface area contributed by atoms with Crippen molar-refractivity contribution in [3.8, 4) is 0 Å². The summed E-state index contributed by atoms with van der Waals surface area (Å²) in [6, 6.07) is 10.6. The molecule has 1 amide bonds. The van der Waals surface area contributed by atoms with Crippen molar-refractivity contribution in [2.45, 2.75) is 46.0 Å². The van der Waals surface area contributed by atoms with Gasteiger partial charge in [0.25, 0.3) is 0 Å². The largest absolute Gasteiger partial charge is 0.361 e. The molecular weight excluding hydrogens is 300 g/mol. The maximum atomic E-state index is 12.6. The van der Waals surface area contributed by atoms with Crippen molar-refractivity contribution in [3.05, 3.63) is 52.9 Å². The lowest BCUT2D eigenvalue weighted by Crippen LogP contribution is -2.63. The van der Waals surface area contributed by atoms with Crippen LogP contribution < -0.4 is 0 Å². The maximum Gasteiger partial charge on any atom is 0.222 e. The van der Waals surface area contributed by atoms with Crippen molar-refractivity contribution in [2.24, 2.45) is 5.92 Å². The van der Waals surface area contributed by atoms with Crippen LogP contribution in [0.25, 0.3) is 0 Å². The van der Waals surface area contributed by atoms with E-state index in [1.54, 1.807) is 0 Å². The number of hydrogen-bond donors (Lipinski definition) is 0. The molecule has 1 fully saturated rings. The van der Waals surface area contributed by atoms with Gasteiger partial charge in [0, 0.05) is 30.5 Å². The summed E-state index contributed by atoms with van der Waals surface area (Å²) >= 11 is 0. The number of hydrogen-bond acceptors (Lipinski definition) is 3. The molecule has 1 aromatic carbocycles. The smallest absolute Gasteiger partial charge is 0.222 e. The monoisotopic (exact) mass is 326 g/mol. The molecule has 0 bridgehead atoms. The van der Waals surface area contributed by atoms with Crippen molar-refractivity contribution in [1.82, 2.24) is 10.1 Å². The highest BCUT2D eigenvalue weighted by atomic mass is 16.5. The Kier molecular flexibility index (Phi) is 4.48. The lowest BCUT2D eigenvalue weighted by atomic mass is 9.66. The van der Waals surface area contributed by atoms with Gasteiger partial charge in [-0.1, -0.05) is 49.3 Å². The predicted molar refractivity (Wildman–Crippen MR) is 93.8 cm³/mol. The second kappa shape index (κ2) is 6.42. The third kappa shape index (κ3) is 2.85. The summed E-state index contributed by atoms with van der Waals surface area (Å²) in [4.78, 5) is 14.6. The summed E-state index contributed by atoms with van der Waals surface area (Å²) < 4.78 is 5.18. The maximum absolute atomic E-state index is 12.6. The van der Waals surface area contributed by atoms with E-state index in [1.807, 2.05) is 24.8 Å². The highest BCUT2D eigenvalue weighted by Crippen LogP contribution is 2.41. The number of benzene rings is 1. The minimum Gasteiger partial charge on any atom is -0.361 e. The molecule has 1 aliphatic heterocycles. The Bertz CT molecular complexity index is 693. The lowest BCUT2D eigenvalue weighted by molar-refractivity contribution is -0.140. The molecule has 0 N–H and O–H groups in total. The molecule has 128 valence electrons. The fraction of sp³-hybridized carbons (Fsp3) is 0.500. The van der Waals surface area contributed by atoms with Gasteiger partial charge >= 0.3 is 0 Å². The highest BCUT2D eigenvalue weighted by molar-refractivity contribution is 5.78. The van der Waals surface area contributed by atoms with Gasteiger partial charge < -0.3 is 9.42 Å². The van der Waals surface area contributed by atoms with Crippen LogP contribution in [-0.2, 0) is 16.6 Å². The van der Waals surface area contributed by atoms with Crippen molar-refractivity contribution in [3.63, 3.8) is 0 Å². The standard InChI is InChI=1S/C20H26N2O2/c1-14(2)20(17-8-6-5-7-9-17)12-22(13-20)19(23)11-10-18-15(3)21-24-16(18)4/h5-9,14H,10-13H2,1-4H3. The molecule has 0 unspecified atom stereocenters. The SMILES string of the molecule is Cc1noc(C)c1CCC(=O)N1CC(c2ccccc2)(C(C)C)C1. The number of carbonyl (C=O) groups excluding carboxylic acids is 1. The van der Waals surface area contributed by atoms with E-state index in [9.17, 15) is 4.79 Å². The Balaban J connectivity index is 1.63. The number of nitrogens with zero attached hydrogens (tertiary/aromatic N) is 2. The first-order valence-electron chi connectivity index (χ1n) is 8.69. The van der Waals surface area contributed by atoms with E-state index in [2.05, 4.69) is 43.3 Å². The zero-order valence-corrected chi connectivity index (χ0v) is 15.0. The van der Waals surface area contributed by atoms with Crippen molar-refractivity contribution < 1.29 is 9.32 Å². The van der Waals surface area contributed by atoms with Crippen LogP contribution in [0, 0.1) is 19.8 Å². The minimum absolute atomic E-state index is 0.0972. The van der Waals surface area contributed by atoms with E-state index < -0.39 is 0 Å². The van der Waals surface area contributed by atoms with Crippen LogP contribution in [0.5, 0.6) is 0 Å². The molecule has 3 rings (SSSR count). The fourth-order valence-electron chi connectivity index (χ4n) is 3.71. The molecule has 1 aliphatic rings. The van der Waals surface area contributed by atoms with E-state index in [0.29, 0.717) is 18.8 Å². The van der Waals surface area contributed by atoms with E-state index in [-0.39, 0.29) is 11.3 Å². The van der Waals surface area contributed by atoms with Crippen molar-refractivity contribution >= 4 is 5.91 Å². The number of aryl methyl sites for hydroxylation is 2. The molecule has 0 saturated carbocycles. The third-order valence-electron chi connectivity index (χ3n) is 5.52. The first kappa shape index (κ1) is 16.7. The quantitative estimate of drug-likeness (QED) is 0.842. The Hall–Kier alpha value is -2.10. The Morgan fingerprint density at radius 1 is 1.25 bits per heavy atom. The summed E-state index contributed by atoms with van der Waals surface area (Å²) in [5.74, 6) is 1.55. The molecule has 4 nitrogen and oxygen atoms in total. The van der Waals surface area contributed by atoms with Crippen molar-refractivity contribution in [2.75, 3.05) is 13.1 Å². The Morgan fingerprint density at radius 3 is 2.46 bits per heavy atom. The molecule has 1 saturated heterocycles. The number of carbonyl (C=O) groups is 1. The topological polar surface area (TPSA) is 46.3 Å². The van der Waals surface area contributed by atoms with Gasteiger partial charge in [-0.25, -0.2) is 0 Å². The molecule has 0 aliphatic carbocycles. The molecule has 2 heterocycles. The summed E-state index contributed by atoms with van der Waals surface area (Å²) in [6.07, 6.45) is 1.22. The summed E-state index contributed by atoms with van der Waals surface area (Å²) in [7, 11) is 0. The molecule has 1 aromatic heterocycles. The molecule has 0 spiro atoms. The third-order valence-corrected chi connectivity index (χ3v) is 5.52. The number of amides is 1. The van der Waals surface area contributed by atoms with Gasteiger partial charge in [-0.15, -0.1) is 0 Å². The molecule has 0 radical (unpaired) electrons. The fourth-order valence-corrected chi connectivity index (χ4v) is 3.71. The lowest BCUT2D eigenvalue weighted by Gasteiger charge is -2.53. The average molecular weight is 326 g/mol. The summed E-state index contributed by atoms with van der Waals surface area (Å²) in [5.41, 5.74) is 3.40. The van der Waals surface area contributed by atoms with Crippen LogP contribution in [0.15, 0.2) is 34.9 Å². The van der Waals surface area contributed by atoms with Gasteiger partial charge in [0.1, 0.15) is 5.76 Å². The zero-order chi connectivity index (χ0) is 17.3. The van der Waals surface area contributed by atoms with Gasteiger partial charge in [-0.05, 0) is 31.7 Å². The van der Waals surface area contributed by atoms with Gasteiger partial charge in [0.15, 0.2) is 0 Å². The number of likely N-dealkylation sites (tertiary alicyclic amines) is 1. The second-order valence-electron chi connectivity index (χ2n) is 7.23. The summed E-state index contributed by atoms with van der Waals surface area (Å²) in [5, 5.41) is 3.96. The van der Waals surface area contributed by atoms with Gasteiger partial charge in [0.05, 0.1) is 5.69 Å². The average Bonchev–Trinajstić information content (AvgIpc) is 2.83.